The molecule has 1 aliphatic rings. The van der Waals surface area contributed by atoms with E-state index in [0.29, 0.717) is 11.3 Å². The zero-order chi connectivity index (χ0) is 11.9. The average Bonchev–Trinajstić information content (AvgIpc) is 2.70. The second-order valence-electron chi connectivity index (χ2n) is 3.86. The fraction of sp³-hybridized carbons (Fsp3) is 0.455. The molecule has 2 rings (SSSR count). The van der Waals surface area contributed by atoms with Crippen molar-refractivity contribution in [3.63, 3.8) is 0 Å². The Morgan fingerprint density at radius 2 is 2.19 bits per heavy atom. The van der Waals surface area contributed by atoms with Gasteiger partial charge in [-0.25, -0.2) is 9.59 Å². The minimum atomic E-state index is -0.449. The first-order valence-corrected chi connectivity index (χ1v) is 5.05. The molecule has 0 spiro atoms. The van der Waals surface area contributed by atoms with Crippen LogP contribution in [0, 0.1) is 0 Å². The van der Waals surface area contributed by atoms with Gasteiger partial charge in [0.1, 0.15) is 11.8 Å². The van der Waals surface area contributed by atoms with Crippen LogP contribution in [0.1, 0.15) is 40.7 Å². The fourth-order valence-electron chi connectivity index (χ4n) is 1.76. The standard InChI is InChI=1S/C11H13NO4/c1-6-7(2)16-11(14)9-4-8(5-12(6)9)10(13)15-3/h4-7H,1-3H3/t6-,7-/m0/s1. The smallest absolute Gasteiger partial charge is 0.355 e. The summed E-state index contributed by atoms with van der Waals surface area (Å²) < 4.78 is 11.5. The number of esters is 2. The van der Waals surface area contributed by atoms with Crippen LogP contribution in [-0.2, 0) is 9.47 Å². The fourth-order valence-corrected chi connectivity index (χ4v) is 1.76. The highest BCUT2D eigenvalue weighted by Crippen LogP contribution is 2.26. The molecule has 0 bridgehead atoms. The minimum absolute atomic E-state index is 0.0195. The van der Waals surface area contributed by atoms with Gasteiger partial charge in [-0.15, -0.1) is 0 Å². The number of rotatable bonds is 1. The number of hydrogen-bond acceptors (Lipinski definition) is 4. The van der Waals surface area contributed by atoms with Crippen LogP contribution in [0.2, 0.25) is 0 Å². The van der Waals surface area contributed by atoms with Crippen molar-refractivity contribution in [2.45, 2.75) is 26.0 Å². The number of ether oxygens (including phenoxy) is 2. The lowest BCUT2D eigenvalue weighted by molar-refractivity contribution is 0.0115. The summed E-state index contributed by atoms with van der Waals surface area (Å²) in [6, 6.07) is 1.52. The summed E-state index contributed by atoms with van der Waals surface area (Å²) in [5, 5.41) is 0. The van der Waals surface area contributed by atoms with Gasteiger partial charge in [0, 0.05) is 6.20 Å². The first-order valence-electron chi connectivity index (χ1n) is 5.05. The van der Waals surface area contributed by atoms with E-state index in [9.17, 15) is 9.59 Å². The molecule has 0 fully saturated rings. The molecule has 0 N–H and O–H groups in total. The summed E-state index contributed by atoms with van der Waals surface area (Å²) >= 11 is 0. The summed E-state index contributed by atoms with van der Waals surface area (Å²) in [5.74, 6) is -0.852. The molecule has 5 nitrogen and oxygen atoms in total. The number of fused-ring (bicyclic) bond motifs is 1. The Balaban J connectivity index is 2.46. The van der Waals surface area contributed by atoms with E-state index in [0.717, 1.165) is 0 Å². The molecule has 0 amide bonds. The first-order chi connectivity index (χ1) is 7.54. The molecule has 0 radical (unpaired) electrons. The Morgan fingerprint density at radius 3 is 2.81 bits per heavy atom. The third-order valence-corrected chi connectivity index (χ3v) is 2.89. The van der Waals surface area contributed by atoms with Gasteiger partial charge < -0.3 is 14.0 Å². The van der Waals surface area contributed by atoms with E-state index in [1.807, 2.05) is 13.8 Å². The van der Waals surface area contributed by atoms with Crippen LogP contribution in [0.25, 0.3) is 0 Å². The van der Waals surface area contributed by atoms with Crippen molar-refractivity contribution in [1.82, 2.24) is 4.57 Å². The zero-order valence-electron chi connectivity index (χ0n) is 9.39. The Bertz CT molecular complexity index is 449. The number of carbonyl (C=O) groups is 2. The van der Waals surface area contributed by atoms with Gasteiger partial charge in [-0.05, 0) is 19.9 Å². The largest absolute Gasteiger partial charge is 0.465 e. The molecule has 2 heterocycles. The second-order valence-corrected chi connectivity index (χ2v) is 3.86. The van der Waals surface area contributed by atoms with Crippen molar-refractivity contribution in [1.29, 1.82) is 0 Å². The molecule has 16 heavy (non-hydrogen) atoms. The van der Waals surface area contributed by atoms with Crippen LogP contribution in [0.5, 0.6) is 0 Å². The molecule has 0 aromatic carbocycles. The van der Waals surface area contributed by atoms with E-state index < -0.39 is 11.9 Å². The second kappa shape index (κ2) is 3.66. The molecular formula is C11H13NO4. The third-order valence-electron chi connectivity index (χ3n) is 2.89. The maximum Gasteiger partial charge on any atom is 0.355 e. The van der Waals surface area contributed by atoms with Gasteiger partial charge in [0.15, 0.2) is 0 Å². The Morgan fingerprint density at radius 1 is 1.50 bits per heavy atom. The van der Waals surface area contributed by atoms with Gasteiger partial charge in [-0.3, -0.25) is 0 Å². The number of hydrogen-bond donors (Lipinski definition) is 0. The molecular weight excluding hydrogens is 210 g/mol. The number of nitrogens with zero attached hydrogens (tertiary/aromatic N) is 1. The van der Waals surface area contributed by atoms with Gasteiger partial charge in [0.2, 0.25) is 0 Å². The Hall–Kier alpha value is -1.78. The lowest BCUT2D eigenvalue weighted by Crippen LogP contribution is -2.32. The summed E-state index contributed by atoms with van der Waals surface area (Å²) in [7, 11) is 1.31. The van der Waals surface area contributed by atoms with E-state index in [1.54, 1.807) is 10.8 Å². The quantitative estimate of drug-likeness (QED) is 0.675. The van der Waals surface area contributed by atoms with Crippen molar-refractivity contribution in [2.75, 3.05) is 7.11 Å². The highest BCUT2D eigenvalue weighted by atomic mass is 16.5. The molecule has 1 aromatic rings. The normalized spacial score (nSPS) is 23.6. The van der Waals surface area contributed by atoms with Gasteiger partial charge >= 0.3 is 11.9 Å². The molecule has 0 aliphatic carbocycles. The number of cyclic esters (lactones) is 1. The van der Waals surface area contributed by atoms with E-state index in [-0.39, 0.29) is 12.1 Å². The van der Waals surface area contributed by atoms with Gasteiger partial charge in [0.25, 0.3) is 0 Å². The summed E-state index contributed by atoms with van der Waals surface area (Å²) in [4.78, 5) is 22.9. The summed E-state index contributed by atoms with van der Waals surface area (Å²) in [6.45, 7) is 3.75. The monoisotopic (exact) mass is 223 g/mol. The van der Waals surface area contributed by atoms with Crippen molar-refractivity contribution < 1.29 is 19.1 Å². The first kappa shape index (κ1) is 10.7. The van der Waals surface area contributed by atoms with Crippen LogP contribution in [0.3, 0.4) is 0 Å². The van der Waals surface area contributed by atoms with Crippen molar-refractivity contribution in [3.8, 4) is 0 Å². The number of methoxy groups -OCH3 is 1. The van der Waals surface area contributed by atoms with Crippen LogP contribution < -0.4 is 0 Å². The van der Waals surface area contributed by atoms with Gasteiger partial charge in [-0.1, -0.05) is 0 Å². The maximum absolute atomic E-state index is 11.6. The highest BCUT2D eigenvalue weighted by Gasteiger charge is 2.31. The van der Waals surface area contributed by atoms with Gasteiger partial charge in [-0.2, -0.15) is 0 Å². The number of aromatic nitrogens is 1. The van der Waals surface area contributed by atoms with Crippen LogP contribution in [0.15, 0.2) is 12.3 Å². The zero-order valence-corrected chi connectivity index (χ0v) is 9.39. The third kappa shape index (κ3) is 1.48. The molecule has 1 aliphatic heterocycles. The minimum Gasteiger partial charge on any atom is -0.465 e. The van der Waals surface area contributed by atoms with Crippen LogP contribution in [-0.4, -0.2) is 29.7 Å². The molecule has 1 aromatic heterocycles. The van der Waals surface area contributed by atoms with Crippen molar-refractivity contribution >= 4 is 11.9 Å². The SMILES string of the molecule is COC(=O)c1cc2n(c1)[C@@H](C)[C@H](C)OC2=O. The molecule has 0 saturated heterocycles. The topological polar surface area (TPSA) is 57.5 Å². The lowest BCUT2D eigenvalue weighted by Gasteiger charge is -2.28. The average molecular weight is 223 g/mol. The molecule has 86 valence electrons. The molecule has 0 unspecified atom stereocenters. The Labute approximate surface area is 92.9 Å². The van der Waals surface area contributed by atoms with E-state index in [2.05, 4.69) is 4.74 Å². The van der Waals surface area contributed by atoms with E-state index >= 15 is 0 Å². The van der Waals surface area contributed by atoms with Crippen LogP contribution >= 0.6 is 0 Å². The van der Waals surface area contributed by atoms with Crippen LogP contribution in [0.4, 0.5) is 0 Å². The highest BCUT2D eigenvalue weighted by molar-refractivity contribution is 5.95. The molecule has 2 atom stereocenters. The van der Waals surface area contributed by atoms with Crippen molar-refractivity contribution in [3.05, 3.63) is 23.5 Å². The summed E-state index contributed by atoms with van der Waals surface area (Å²) in [5.41, 5.74) is 0.765. The predicted molar refractivity (Wildman–Crippen MR) is 55.4 cm³/mol. The van der Waals surface area contributed by atoms with E-state index in [1.165, 1.54) is 13.2 Å². The molecule has 5 heteroatoms. The number of carbonyl (C=O) groups excluding carboxylic acids is 2. The summed E-state index contributed by atoms with van der Waals surface area (Å²) in [6.07, 6.45) is 1.43. The van der Waals surface area contributed by atoms with E-state index in [4.69, 9.17) is 4.74 Å². The lowest BCUT2D eigenvalue weighted by atomic mass is 10.1. The molecule has 0 saturated carbocycles. The van der Waals surface area contributed by atoms with Gasteiger partial charge in [0.05, 0.1) is 18.7 Å². The predicted octanol–water partition coefficient (Wildman–Crippen LogP) is 1.39. The Kier molecular flexibility index (Phi) is 2.46. The maximum atomic E-state index is 11.6. The van der Waals surface area contributed by atoms with Crippen molar-refractivity contribution in [2.24, 2.45) is 0 Å².